The Bertz CT molecular complexity index is 926. The molecule has 0 bridgehead atoms. The smallest absolute Gasteiger partial charge is 0.251 e. The van der Waals surface area contributed by atoms with Gasteiger partial charge in [-0.3, -0.25) is 9.59 Å². The van der Waals surface area contributed by atoms with Gasteiger partial charge in [0.15, 0.2) is 11.5 Å². The summed E-state index contributed by atoms with van der Waals surface area (Å²) in [6.45, 7) is 1.67. The molecule has 2 aliphatic heterocycles. The van der Waals surface area contributed by atoms with Gasteiger partial charge in [-0.2, -0.15) is 0 Å². The van der Waals surface area contributed by atoms with Crippen molar-refractivity contribution in [3.05, 3.63) is 59.4 Å². The maximum absolute atomic E-state index is 13.0. The maximum atomic E-state index is 13.0. The third-order valence-electron chi connectivity index (χ3n) is 5.57. The van der Waals surface area contributed by atoms with Gasteiger partial charge in [0.05, 0.1) is 6.54 Å². The fourth-order valence-electron chi connectivity index (χ4n) is 3.75. The summed E-state index contributed by atoms with van der Waals surface area (Å²) in [4.78, 5) is 24.5. The minimum absolute atomic E-state index is 0.163. The van der Waals surface area contributed by atoms with Crippen LogP contribution in [0.1, 0.15) is 28.8 Å². The van der Waals surface area contributed by atoms with Crippen LogP contribution in [0.2, 0.25) is 0 Å². The molecular weight excluding hydrogens is 391 g/mol. The number of nitrogens with one attached hydrogen (secondary N) is 2. The first-order valence-corrected chi connectivity index (χ1v) is 9.84. The van der Waals surface area contributed by atoms with Crippen LogP contribution in [0.3, 0.4) is 0 Å². The highest BCUT2D eigenvalue weighted by atomic mass is 19.1. The average molecular weight is 414 g/mol. The van der Waals surface area contributed by atoms with Crippen molar-refractivity contribution in [2.45, 2.75) is 18.3 Å². The van der Waals surface area contributed by atoms with Gasteiger partial charge in [0.25, 0.3) is 5.91 Å². The monoisotopic (exact) mass is 414 g/mol. The molecule has 0 unspecified atom stereocenters. The Hall–Kier alpha value is -3.13. The van der Waals surface area contributed by atoms with Crippen molar-refractivity contribution in [3.63, 3.8) is 0 Å². The van der Waals surface area contributed by atoms with Gasteiger partial charge in [-0.25, -0.2) is 4.39 Å². The second-order valence-electron chi connectivity index (χ2n) is 7.43. The summed E-state index contributed by atoms with van der Waals surface area (Å²) < 4.78 is 29.4. The van der Waals surface area contributed by atoms with Gasteiger partial charge in [-0.15, -0.1) is 0 Å². The predicted molar refractivity (Wildman–Crippen MR) is 106 cm³/mol. The Balaban J connectivity index is 1.37. The summed E-state index contributed by atoms with van der Waals surface area (Å²) >= 11 is 0. The first kappa shape index (κ1) is 20.2. The zero-order chi connectivity index (χ0) is 21.0. The molecule has 158 valence electrons. The van der Waals surface area contributed by atoms with E-state index in [-0.39, 0.29) is 24.7 Å². The number of rotatable bonds is 6. The molecule has 2 amide bonds. The fourth-order valence-corrected chi connectivity index (χ4v) is 3.75. The summed E-state index contributed by atoms with van der Waals surface area (Å²) in [5.41, 5.74) is 1.08. The standard InChI is InChI=1S/C22H23FN2O5/c23-17-4-1-15(2-5-17)21(27)24-12-20(26)25-13-22(7-9-28-10-8-22)16-3-6-18-19(11-16)30-14-29-18/h1-6,11H,7-10,12-14H2,(H,24,27)(H,25,26). The number of hydrogen-bond donors (Lipinski definition) is 2. The molecule has 2 aliphatic rings. The van der Waals surface area contributed by atoms with Crippen molar-refractivity contribution < 1.29 is 28.2 Å². The molecule has 1 saturated heterocycles. The lowest BCUT2D eigenvalue weighted by molar-refractivity contribution is -0.120. The zero-order valence-corrected chi connectivity index (χ0v) is 16.4. The van der Waals surface area contributed by atoms with Crippen LogP contribution in [0.4, 0.5) is 4.39 Å². The average Bonchev–Trinajstić information content (AvgIpc) is 3.25. The van der Waals surface area contributed by atoms with Gasteiger partial charge >= 0.3 is 0 Å². The SMILES string of the molecule is O=C(CNC(=O)c1ccc(F)cc1)NCC1(c2ccc3c(c2)OCO3)CCOCC1. The largest absolute Gasteiger partial charge is 0.454 e. The van der Waals surface area contributed by atoms with E-state index >= 15 is 0 Å². The van der Waals surface area contributed by atoms with E-state index in [9.17, 15) is 14.0 Å². The minimum atomic E-state index is -0.429. The highest BCUT2D eigenvalue weighted by Crippen LogP contribution is 2.40. The number of fused-ring (bicyclic) bond motifs is 1. The molecule has 2 N–H and O–H groups in total. The van der Waals surface area contributed by atoms with Gasteiger partial charge in [0.2, 0.25) is 12.7 Å². The number of carbonyl (C=O) groups is 2. The lowest BCUT2D eigenvalue weighted by atomic mass is 9.74. The van der Waals surface area contributed by atoms with Crippen molar-refractivity contribution in [1.29, 1.82) is 0 Å². The van der Waals surface area contributed by atoms with E-state index in [0.717, 1.165) is 18.4 Å². The molecule has 0 spiro atoms. The Kier molecular flexibility index (Phi) is 5.85. The van der Waals surface area contributed by atoms with Crippen LogP contribution in [0.5, 0.6) is 11.5 Å². The molecule has 2 heterocycles. The molecule has 4 rings (SSSR count). The Morgan fingerprint density at radius 1 is 0.967 bits per heavy atom. The van der Waals surface area contributed by atoms with Crippen molar-refractivity contribution in [2.75, 3.05) is 33.1 Å². The van der Waals surface area contributed by atoms with E-state index in [1.54, 1.807) is 0 Å². The summed E-state index contributed by atoms with van der Waals surface area (Å²) in [6, 6.07) is 11.0. The molecule has 2 aromatic carbocycles. The number of hydrogen-bond acceptors (Lipinski definition) is 5. The lowest BCUT2D eigenvalue weighted by Gasteiger charge is -2.38. The second-order valence-corrected chi connectivity index (χ2v) is 7.43. The van der Waals surface area contributed by atoms with Gasteiger partial charge < -0.3 is 24.8 Å². The summed E-state index contributed by atoms with van der Waals surface area (Å²) in [5, 5.41) is 5.49. The molecule has 0 radical (unpaired) electrons. The van der Waals surface area contributed by atoms with E-state index in [4.69, 9.17) is 14.2 Å². The molecule has 0 aliphatic carbocycles. The van der Waals surface area contributed by atoms with E-state index < -0.39 is 11.7 Å². The third-order valence-corrected chi connectivity index (χ3v) is 5.57. The van der Waals surface area contributed by atoms with Crippen molar-refractivity contribution in [1.82, 2.24) is 10.6 Å². The van der Waals surface area contributed by atoms with Crippen molar-refractivity contribution in [2.24, 2.45) is 0 Å². The molecule has 1 fully saturated rings. The van der Waals surface area contributed by atoms with Crippen LogP contribution < -0.4 is 20.1 Å². The van der Waals surface area contributed by atoms with E-state index in [0.29, 0.717) is 36.8 Å². The minimum Gasteiger partial charge on any atom is -0.454 e. The van der Waals surface area contributed by atoms with Crippen LogP contribution in [0.25, 0.3) is 0 Å². The van der Waals surface area contributed by atoms with Crippen LogP contribution >= 0.6 is 0 Å². The van der Waals surface area contributed by atoms with Crippen LogP contribution in [0.15, 0.2) is 42.5 Å². The summed E-state index contributed by atoms with van der Waals surface area (Å²) in [6.07, 6.45) is 1.52. The van der Waals surface area contributed by atoms with Crippen LogP contribution in [-0.4, -0.2) is 44.9 Å². The molecule has 0 aromatic heterocycles. The Labute approximate surface area is 173 Å². The van der Waals surface area contributed by atoms with Crippen LogP contribution in [0, 0.1) is 5.82 Å². The van der Waals surface area contributed by atoms with Crippen molar-refractivity contribution >= 4 is 11.8 Å². The number of benzene rings is 2. The lowest BCUT2D eigenvalue weighted by Crippen LogP contribution is -2.47. The van der Waals surface area contributed by atoms with Crippen LogP contribution in [-0.2, 0) is 14.9 Å². The molecule has 2 aromatic rings. The first-order valence-electron chi connectivity index (χ1n) is 9.84. The van der Waals surface area contributed by atoms with Gasteiger partial charge in [-0.1, -0.05) is 6.07 Å². The summed E-state index contributed by atoms with van der Waals surface area (Å²) in [5.74, 6) is 0.276. The Morgan fingerprint density at radius 3 is 2.47 bits per heavy atom. The number of amides is 2. The summed E-state index contributed by atoms with van der Waals surface area (Å²) in [7, 11) is 0. The van der Waals surface area contributed by atoms with Gasteiger partial charge in [0, 0.05) is 30.7 Å². The Morgan fingerprint density at radius 2 is 1.70 bits per heavy atom. The highest BCUT2D eigenvalue weighted by molar-refractivity contribution is 5.96. The molecule has 0 saturated carbocycles. The normalized spacial score (nSPS) is 16.7. The van der Waals surface area contributed by atoms with E-state index in [1.165, 1.54) is 24.3 Å². The van der Waals surface area contributed by atoms with Gasteiger partial charge in [0.1, 0.15) is 5.82 Å². The molecule has 0 atom stereocenters. The third kappa shape index (κ3) is 4.38. The quantitative estimate of drug-likeness (QED) is 0.757. The number of ether oxygens (including phenoxy) is 3. The zero-order valence-electron chi connectivity index (χ0n) is 16.4. The fraction of sp³-hybridized carbons (Fsp3) is 0.364. The molecule has 8 heteroatoms. The number of carbonyl (C=O) groups excluding carboxylic acids is 2. The van der Waals surface area contributed by atoms with E-state index in [2.05, 4.69) is 10.6 Å². The predicted octanol–water partition coefficient (Wildman–Crippen LogP) is 2.15. The van der Waals surface area contributed by atoms with Crippen molar-refractivity contribution in [3.8, 4) is 11.5 Å². The first-order chi connectivity index (χ1) is 14.6. The number of halogens is 1. The molecular formula is C22H23FN2O5. The van der Waals surface area contributed by atoms with Gasteiger partial charge in [-0.05, 0) is 54.8 Å². The van der Waals surface area contributed by atoms with E-state index in [1.807, 2.05) is 18.2 Å². The topological polar surface area (TPSA) is 85.9 Å². The molecule has 7 nitrogen and oxygen atoms in total. The molecule has 30 heavy (non-hydrogen) atoms. The maximum Gasteiger partial charge on any atom is 0.251 e. The second kappa shape index (κ2) is 8.71. The highest BCUT2D eigenvalue weighted by Gasteiger charge is 2.36.